The van der Waals surface area contributed by atoms with Crippen LogP contribution in [0.15, 0.2) is 0 Å². The van der Waals surface area contributed by atoms with E-state index in [-0.39, 0.29) is 0 Å². The largest absolute Gasteiger partial charge is 0.350 e. The van der Waals surface area contributed by atoms with Crippen molar-refractivity contribution < 1.29 is 18.9 Å². The summed E-state index contributed by atoms with van der Waals surface area (Å²) in [6, 6.07) is 0. The zero-order valence-electron chi connectivity index (χ0n) is 4.96. The number of ether oxygens (including phenoxy) is 4. The Morgan fingerprint density at radius 3 is 1.78 bits per heavy atom. The summed E-state index contributed by atoms with van der Waals surface area (Å²) in [5, 5.41) is 0. The molecule has 4 heteroatoms. The van der Waals surface area contributed by atoms with Gasteiger partial charge in [0.2, 0.25) is 5.79 Å². The van der Waals surface area contributed by atoms with Crippen molar-refractivity contribution in [2.45, 2.75) is 5.79 Å². The number of hydrogen-bond donors (Lipinski definition) is 0. The smallest absolute Gasteiger partial charge is 0.220 e. The standard InChI is InChI=1S/C5H8O4/c1-5(8-3-6-1)2-7-4-9-5/h1-4H2. The summed E-state index contributed by atoms with van der Waals surface area (Å²) >= 11 is 0. The van der Waals surface area contributed by atoms with E-state index in [0.717, 1.165) is 0 Å². The minimum absolute atomic E-state index is 0.323. The van der Waals surface area contributed by atoms with Crippen LogP contribution in [0.3, 0.4) is 0 Å². The van der Waals surface area contributed by atoms with Crippen LogP contribution in [0.2, 0.25) is 0 Å². The van der Waals surface area contributed by atoms with Crippen molar-refractivity contribution >= 4 is 0 Å². The Morgan fingerprint density at radius 2 is 1.44 bits per heavy atom. The summed E-state index contributed by atoms with van der Waals surface area (Å²) in [4.78, 5) is 0. The SMILES string of the molecule is C1OCC2(COCO2)O1. The Hall–Kier alpha value is -0.160. The van der Waals surface area contributed by atoms with Crippen molar-refractivity contribution in [3.05, 3.63) is 0 Å². The fourth-order valence-corrected chi connectivity index (χ4v) is 0.942. The van der Waals surface area contributed by atoms with Gasteiger partial charge in [-0.1, -0.05) is 0 Å². The molecule has 52 valence electrons. The Bertz CT molecular complexity index is 84.0. The minimum atomic E-state index is -0.556. The van der Waals surface area contributed by atoms with Crippen LogP contribution in [0.5, 0.6) is 0 Å². The first-order chi connectivity index (χ1) is 4.41. The molecule has 0 aromatic rings. The third-order valence-electron chi connectivity index (χ3n) is 1.45. The maximum absolute atomic E-state index is 5.13. The highest BCUT2D eigenvalue weighted by molar-refractivity contribution is 4.73. The minimum Gasteiger partial charge on any atom is -0.350 e. The lowest BCUT2D eigenvalue weighted by molar-refractivity contribution is -0.164. The highest BCUT2D eigenvalue weighted by Crippen LogP contribution is 2.24. The molecule has 2 heterocycles. The number of rotatable bonds is 0. The van der Waals surface area contributed by atoms with E-state index in [9.17, 15) is 0 Å². The summed E-state index contributed by atoms with van der Waals surface area (Å²) < 4.78 is 20.2. The molecule has 9 heavy (non-hydrogen) atoms. The summed E-state index contributed by atoms with van der Waals surface area (Å²) in [6.07, 6.45) is 0. The van der Waals surface area contributed by atoms with Crippen LogP contribution < -0.4 is 0 Å². The average Bonchev–Trinajstić information content (AvgIpc) is 2.45. The van der Waals surface area contributed by atoms with Crippen molar-refractivity contribution in [1.29, 1.82) is 0 Å². The molecule has 2 fully saturated rings. The quantitative estimate of drug-likeness (QED) is 0.453. The van der Waals surface area contributed by atoms with Gasteiger partial charge in [0, 0.05) is 0 Å². The zero-order chi connectivity index (χ0) is 6.16. The molecule has 4 nitrogen and oxygen atoms in total. The molecule has 1 spiro atoms. The molecule has 2 aliphatic heterocycles. The number of hydrogen-bond acceptors (Lipinski definition) is 4. The normalized spacial score (nSPS) is 32.0. The first-order valence-corrected chi connectivity index (χ1v) is 2.85. The highest BCUT2D eigenvalue weighted by atomic mass is 16.9. The zero-order valence-corrected chi connectivity index (χ0v) is 4.96. The molecule has 0 unspecified atom stereocenters. The predicted octanol–water partition coefficient (Wildman–Crippen LogP) is -0.309. The summed E-state index contributed by atoms with van der Waals surface area (Å²) in [7, 11) is 0. The molecule has 0 aromatic carbocycles. The maximum atomic E-state index is 5.13. The van der Waals surface area contributed by atoms with Crippen molar-refractivity contribution in [1.82, 2.24) is 0 Å². The van der Waals surface area contributed by atoms with E-state index in [4.69, 9.17) is 18.9 Å². The lowest BCUT2D eigenvalue weighted by atomic mass is 10.3. The Balaban J connectivity index is 2.04. The van der Waals surface area contributed by atoms with Crippen LogP contribution in [0.4, 0.5) is 0 Å². The third-order valence-corrected chi connectivity index (χ3v) is 1.45. The Kier molecular flexibility index (Phi) is 1.19. The molecule has 2 saturated heterocycles. The monoisotopic (exact) mass is 132 g/mol. The van der Waals surface area contributed by atoms with Crippen LogP contribution >= 0.6 is 0 Å². The predicted molar refractivity (Wildman–Crippen MR) is 26.5 cm³/mol. The van der Waals surface area contributed by atoms with E-state index in [0.29, 0.717) is 26.8 Å². The Labute approximate surface area is 52.6 Å². The fourth-order valence-electron chi connectivity index (χ4n) is 0.942. The Morgan fingerprint density at radius 1 is 0.889 bits per heavy atom. The van der Waals surface area contributed by atoms with E-state index in [1.54, 1.807) is 0 Å². The molecule has 0 amide bonds. The summed E-state index contributed by atoms with van der Waals surface area (Å²) in [6.45, 7) is 1.63. The van der Waals surface area contributed by atoms with Crippen molar-refractivity contribution in [3.63, 3.8) is 0 Å². The van der Waals surface area contributed by atoms with Crippen LogP contribution in [0, 0.1) is 0 Å². The van der Waals surface area contributed by atoms with Gasteiger partial charge in [-0.15, -0.1) is 0 Å². The topological polar surface area (TPSA) is 36.9 Å². The first-order valence-electron chi connectivity index (χ1n) is 2.85. The summed E-state index contributed by atoms with van der Waals surface area (Å²) in [5.41, 5.74) is 0. The van der Waals surface area contributed by atoms with Gasteiger partial charge in [0.15, 0.2) is 13.6 Å². The van der Waals surface area contributed by atoms with Gasteiger partial charge >= 0.3 is 0 Å². The van der Waals surface area contributed by atoms with Crippen LogP contribution in [0.1, 0.15) is 0 Å². The fraction of sp³-hybridized carbons (Fsp3) is 1.00. The molecular formula is C5H8O4. The van der Waals surface area contributed by atoms with Gasteiger partial charge in [-0.25, -0.2) is 0 Å². The van der Waals surface area contributed by atoms with E-state index >= 15 is 0 Å². The molecule has 0 atom stereocenters. The molecule has 0 aliphatic carbocycles. The highest BCUT2D eigenvalue weighted by Gasteiger charge is 2.41. The first kappa shape index (κ1) is 5.61. The van der Waals surface area contributed by atoms with Crippen LogP contribution in [0.25, 0.3) is 0 Å². The molecule has 0 bridgehead atoms. The molecular weight excluding hydrogens is 124 g/mol. The second-order valence-corrected chi connectivity index (χ2v) is 2.13. The van der Waals surface area contributed by atoms with Crippen LogP contribution in [-0.4, -0.2) is 32.6 Å². The van der Waals surface area contributed by atoms with Gasteiger partial charge in [-0.2, -0.15) is 0 Å². The van der Waals surface area contributed by atoms with Crippen molar-refractivity contribution in [2.75, 3.05) is 26.8 Å². The molecule has 0 radical (unpaired) electrons. The van der Waals surface area contributed by atoms with Gasteiger partial charge in [-0.3, -0.25) is 0 Å². The van der Waals surface area contributed by atoms with Gasteiger partial charge < -0.3 is 18.9 Å². The molecule has 0 aromatic heterocycles. The summed E-state index contributed by atoms with van der Waals surface area (Å²) in [5.74, 6) is -0.556. The van der Waals surface area contributed by atoms with E-state index in [1.807, 2.05) is 0 Å². The van der Waals surface area contributed by atoms with Crippen molar-refractivity contribution in [2.24, 2.45) is 0 Å². The van der Waals surface area contributed by atoms with E-state index in [2.05, 4.69) is 0 Å². The molecule has 0 saturated carbocycles. The molecule has 0 N–H and O–H groups in total. The van der Waals surface area contributed by atoms with Gasteiger partial charge in [0.25, 0.3) is 0 Å². The molecule has 2 aliphatic rings. The third kappa shape index (κ3) is 0.840. The average molecular weight is 132 g/mol. The van der Waals surface area contributed by atoms with E-state index < -0.39 is 5.79 Å². The lowest BCUT2D eigenvalue weighted by Gasteiger charge is -2.15. The van der Waals surface area contributed by atoms with E-state index in [1.165, 1.54) is 0 Å². The van der Waals surface area contributed by atoms with Gasteiger partial charge in [-0.05, 0) is 0 Å². The van der Waals surface area contributed by atoms with Crippen molar-refractivity contribution in [3.8, 4) is 0 Å². The maximum Gasteiger partial charge on any atom is 0.220 e. The second-order valence-electron chi connectivity index (χ2n) is 2.13. The second kappa shape index (κ2) is 1.91. The molecule has 2 rings (SSSR count). The van der Waals surface area contributed by atoms with Gasteiger partial charge in [0.1, 0.15) is 13.2 Å². The lowest BCUT2D eigenvalue weighted by Crippen LogP contribution is -2.33. The van der Waals surface area contributed by atoms with Crippen LogP contribution in [-0.2, 0) is 18.9 Å². The van der Waals surface area contributed by atoms with Gasteiger partial charge in [0.05, 0.1) is 0 Å².